The topological polar surface area (TPSA) is 29.9 Å². The van der Waals surface area contributed by atoms with Crippen molar-refractivity contribution in [2.24, 2.45) is 0 Å². The smallest absolute Gasteiger partial charge is 0.0625 e. The monoisotopic (exact) mass is 237 g/mol. The highest BCUT2D eigenvalue weighted by atomic mass is 15.3. The van der Waals surface area contributed by atoms with Crippen molar-refractivity contribution in [1.29, 1.82) is 0 Å². The minimum absolute atomic E-state index is 0.571. The number of aromatic nitrogens is 2. The summed E-state index contributed by atoms with van der Waals surface area (Å²) in [7, 11) is 0. The van der Waals surface area contributed by atoms with E-state index in [9.17, 15) is 0 Å². The molecular formula is C14H27N3. The van der Waals surface area contributed by atoms with E-state index in [1.165, 1.54) is 18.5 Å². The summed E-state index contributed by atoms with van der Waals surface area (Å²) in [4.78, 5) is 0. The Morgan fingerprint density at radius 2 is 2.00 bits per heavy atom. The van der Waals surface area contributed by atoms with Crippen molar-refractivity contribution in [2.75, 3.05) is 13.1 Å². The molecule has 1 aromatic heterocycles. The van der Waals surface area contributed by atoms with E-state index in [4.69, 9.17) is 0 Å². The molecule has 0 radical (unpaired) electrons. The van der Waals surface area contributed by atoms with Gasteiger partial charge in [-0.25, -0.2) is 0 Å². The molecule has 1 N–H and O–H groups in total. The van der Waals surface area contributed by atoms with Crippen LogP contribution in [0.3, 0.4) is 0 Å². The zero-order chi connectivity index (χ0) is 12.5. The van der Waals surface area contributed by atoms with Crippen molar-refractivity contribution in [2.45, 2.75) is 58.9 Å². The lowest BCUT2D eigenvalue weighted by Gasteiger charge is -2.12. The van der Waals surface area contributed by atoms with Gasteiger partial charge >= 0.3 is 0 Å². The molecule has 1 heterocycles. The Morgan fingerprint density at radius 1 is 1.24 bits per heavy atom. The van der Waals surface area contributed by atoms with Gasteiger partial charge in [0.2, 0.25) is 0 Å². The highest BCUT2D eigenvalue weighted by Gasteiger charge is 2.07. The van der Waals surface area contributed by atoms with E-state index in [0.717, 1.165) is 32.4 Å². The summed E-state index contributed by atoms with van der Waals surface area (Å²) < 4.78 is 2.13. The van der Waals surface area contributed by atoms with Crippen molar-refractivity contribution in [3.05, 3.63) is 18.0 Å². The molecule has 0 aliphatic rings. The minimum Gasteiger partial charge on any atom is -0.317 e. The summed E-state index contributed by atoms with van der Waals surface area (Å²) in [6, 6.07) is 2.74. The van der Waals surface area contributed by atoms with E-state index in [1.807, 2.05) is 0 Å². The van der Waals surface area contributed by atoms with Crippen LogP contribution in [0.5, 0.6) is 0 Å². The molecule has 0 amide bonds. The van der Waals surface area contributed by atoms with Gasteiger partial charge in [-0.3, -0.25) is 4.68 Å². The van der Waals surface area contributed by atoms with Crippen LogP contribution in [0.1, 0.15) is 58.2 Å². The largest absolute Gasteiger partial charge is 0.317 e. The molecule has 0 bridgehead atoms. The van der Waals surface area contributed by atoms with Crippen LogP contribution in [-0.2, 0) is 6.42 Å². The van der Waals surface area contributed by atoms with Crippen LogP contribution in [0.4, 0.5) is 0 Å². The molecule has 0 aliphatic heterocycles. The predicted octanol–water partition coefficient (Wildman–Crippen LogP) is 3.18. The van der Waals surface area contributed by atoms with Crippen LogP contribution in [-0.4, -0.2) is 22.9 Å². The van der Waals surface area contributed by atoms with E-state index in [-0.39, 0.29) is 0 Å². The summed E-state index contributed by atoms with van der Waals surface area (Å²) in [6.07, 6.45) is 7.94. The normalized spacial score (nSPS) is 11.3. The van der Waals surface area contributed by atoms with Crippen molar-refractivity contribution in [3.8, 4) is 0 Å². The summed E-state index contributed by atoms with van der Waals surface area (Å²) in [5, 5.41) is 8.08. The first-order valence-corrected chi connectivity index (χ1v) is 7.06. The maximum absolute atomic E-state index is 4.66. The molecule has 0 saturated carbocycles. The first kappa shape index (κ1) is 14.2. The molecular weight excluding hydrogens is 210 g/mol. The highest BCUT2D eigenvalue weighted by Crippen LogP contribution is 2.14. The molecule has 17 heavy (non-hydrogen) atoms. The van der Waals surface area contributed by atoms with Gasteiger partial charge in [0.15, 0.2) is 0 Å². The second-order valence-electron chi connectivity index (χ2n) is 4.61. The highest BCUT2D eigenvalue weighted by molar-refractivity contribution is 5.00. The third kappa shape index (κ3) is 4.90. The molecule has 1 aromatic rings. The van der Waals surface area contributed by atoms with Gasteiger partial charge in [0.1, 0.15) is 0 Å². The van der Waals surface area contributed by atoms with Crippen molar-refractivity contribution >= 4 is 0 Å². The molecule has 0 aliphatic carbocycles. The Balaban J connectivity index is 2.30. The van der Waals surface area contributed by atoms with Gasteiger partial charge in [-0.15, -0.1) is 0 Å². The standard InChI is InChI=1S/C14H27N3/c1-4-10-15-11-7-8-13-9-12-17(16-13)14(5-2)6-3/h9,12,14-15H,4-8,10-11H2,1-3H3. The molecule has 0 spiro atoms. The number of nitrogens with one attached hydrogen (secondary N) is 1. The minimum atomic E-state index is 0.571. The van der Waals surface area contributed by atoms with E-state index in [1.54, 1.807) is 0 Å². The molecule has 0 aromatic carbocycles. The zero-order valence-electron chi connectivity index (χ0n) is 11.6. The molecule has 0 unspecified atom stereocenters. The van der Waals surface area contributed by atoms with Crippen LogP contribution in [0.2, 0.25) is 0 Å². The second kappa shape index (κ2) is 8.29. The van der Waals surface area contributed by atoms with Gasteiger partial charge in [0.25, 0.3) is 0 Å². The Morgan fingerprint density at radius 3 is 2.65 bits per heavy atom. The summed E-state index contributed by atoms with van der Waals surface area (Å²) >= 11 is 0. The molecule has 1 rings (SSSR count). The number of nitrogens with zero attached hydrogens (tertiary/aromatic N) is 2. The molecule has 0 atom stereocenters. The summed E-state index contributed by atoms with van der Waals surface area (Å²) in [6.45, 7) is 8.88. The third-order valence-electron chi connectivity index (χ3n) is 3.19. The molecule has 3 nitrogen and oxygen atoms in total. The van der Waals surface area contributed by atoms with Gasteiger partial charge in [-0.1, -0.05) is 20.8 Å². The molecule has 0 saturated heterocycles. The van der Waals surface area contributed by atoms with Gasteiger partial charge in [0, 0.05) is 6.20 Å². The van der Waals surface area contributed by atoms with Gasteiger partial charge in [-0.2, -0.15) is 5.10 Å². The SMILES string of the molecule is CCCNCCCc1ccn(C(CC)CC)n1. The van der Waals surface area contributed by atoms with Crippen LogP contribution in [0.15, 0.2) is 12.3 Å². The first-order valence-electron chi connectivity index (χ1n) is 7.06. The Hall–Kier alpha value is -0.830. The van der Waals surface area contributed by atoms with E-state index >= 15 is 0 Å². The first-order chi connectivity index (χ1) is 8.31. The quantitative estimate of drug-likeness (QED) is 0.669. The fourth-order valence-electron chi connectivity index (χ4n) is 2.07. The van der Waals surface area contributed by atoms with Crippen molar-refractivity contribution in [3.63, 3.8) is 0 Å². The Kier molecular flexibility index (Phi) is 6.94. The summed E-state index contributed by atoms with van der Waals surface area (Å²) in [5.41, 5.74) is 1.23. The predicted molar refractivity (Wildman–Crippen MR) is 73.3 cm³/mol. The molecule has 98 valence electrons. The van der Waals surface area contributed by atoms with Crippen LogP contribution in [0, 0.1) is 0 Å². The third-order valence-corrected chi connectivity index (χ3v) is 3.19. The molecule has 3 heteroatoms. The van der Waals surface area contributed by atoms with E-state index in [0.29, 0.717) is 6.04 Å². The lowest BCUT2D eigenvalue weighted by atomic mass is 10.2. The number of hydrogen-bond acceptors (Lipinski definition) is 2. The number of rotatable bonds is 9. The maximum atomic E-state index is 4.66. The van der Waals surface area contributed by atoms with E-state index in [2.05, 4.69) is 48.1 Å². The van der Waals surface area contributed by atoms with Crippen molar-refractivity contribution < 1.29 is 0 Å². The second-order valence-corrected chi connectivity index (χ2v) is 4.61. The van der Waals surface area contributed by atoms with Gasteiger partial charge in [0.05, 0.1) is 11.7 Å². The average Bonchev–Trinajstić information content (AvgIpc) is 2.79. The Bertz CT molecular complexity index is 289. The molecule has 0 fully saturated rings. The fraction of sp³-hybridized carbons (Fsp3) is 0.786. The van der Waals surface area contributed by atoms with Crippen LogP contribution < -0.4 is 5.32 Å². The fourth-order valence-corrected chi connectivity index (χ4v) is 2.07. The maximum Gasteiger partial charge on any atom is 0.0625 e. The van der Waals surface area contributed by atoms with Gasteiger partial charge < -0.3 is 5.32 Å². The Labute approximate surface area is 106 Å². The summed E-state index contributed by atoms with van der Waals surface area (Å²) in [5.74, 6) is 0. The lowest BCUT2D eigenvalue weighted by molar-refractivity contribution is 0.425. The lowest BCUT2D eigenvalue weighted by Crippen LogP contribution is -2.16. The average molecular weight is 237 g/mol. The van der Waals surface area contributed by atoms with Crippen LogP contribution in [0.25, 0.3) is 0 Å². The number of hydrogen-bond donors (Lipinski definition) is 1. The zero-order valence-corrected chi connectivity index (χ0v) is 11.6. The number of aryl methyl sites for hydroxylation is 1. The van der Waals surface area contributed by atoms with Crippen molar-refractivity contribution in [1.82, 2.24) is 15.1 Å². The van der Waals surface area contributed by atoms with Crippen LogP contribution >= 0.6 is 0 Å². The van der Waals surface area contributed by atoms with E-state index < -0.39 is 0 Å². The van der Waals surface area contributed by atoms with Gasteiger partial charge in [-0.05, 0) is 51.3 Å².